The molecule has 0 heterocycles. The quantitative estimate of drug-likeness (QED) is 0.0602. The maximum atomic E-state index is 9.11. The lowest BCUT2D eigenvalue weighted by molar-refractivity contribution is 0.259. The highest BCUT2D eigenvalue weighted by atomic mass is 16.3. The zero-order valence-corrected chi connectivity index (χ0v) is 67.3. The lowest BCUT2D eigenvalue weighted by atomic mass is 10.0. The van der Waals surface area contributed by atoms with E-state index in [2.05, 4.69) is 248 Å². The maximum absolute atomic E-state index is 9.11. The number of aliphatic hydroxyl groups is 1. The van der Waals surface area contributed by atoms with Crippen LogP contribution in [0.15, 0.2) is 210 Å². The Bertz CT molecular complexity index is 2680. The fraction of sp³-hybridized carbons (Fsp3) is 0.621. The molecule has 0 aromatic carbocycles. The van der Waals surface area contributed by atoms with E-state index in [0.29, 0.717) is 12.5 Å². The lowest BCUT2D eigenvalue weighted by Crippen LogP contribution is -1.97. The summed E-state index contributed by atoms with van der Waals surface area (Å²) < 4.78 is 0. The van der Waals surface area contributed by atoms with Crippen LogP contribution >= 0.6 is 0 Å². The summed E-state index contributed by atoms with van der Waals surface area (Å²) in [6.45, 7) is 46.2. The van der Waals surface area contributed by atoms with Crippen molar-refractivity contribution in [3.63, 3.8) is 0 Å². The van der Waals surface area contributed by atoms with E-state index in [0.717, 1.165) is 122 Å². The summed E-state index contributed by atoms with van der Waals surface area (Å²) in [5, 5.41) is 9.11. The summed E-state index contributed by atoms with van der Waals surface area (Å²) >= 11 is 0. The number of allylic oxidation sites excluding steroid dienone is 36. The number of rotatable bonds is 56. The molecule has 0 spiro atoms. The van der Waals surface area contributed by atoms with E-state index >= 15 is 0 Å². The van der Waals surface area contributed by atoms with Crippen LogP contribution in [0.1, 0.15) is 376 Å². The molecule has 1 nitrogen and oxygen atoms in total. The average molecular weight is 1310 g/mol. The van der Waals surface area contributed by atoms with Gasteiger partial charge < -0.3 is 5.11 Å². The standard InChI is InChI=1S/C95H156O/c1-77(2)39-21-40-78(3)41-22-42-79(4)43-23-44-80(5)45-24-46-81(6)47-25-48-82(7)49-26-50-83(8)51-27-52-84(9)53-28-54-85(10)55-29-56-86(11)57-30-58-87(12)59-31-60-88(13)61-32-62-89(14)63-33-64-90(15)65-34-66-91(16)67-35-68-92(17)69-36-70-93(18)71-37-72-94(19)73-38-74-95(20)75-76-96/h39,41,43,45,47,49,51,53,55,57,59,61,63,65,67,69,71,73,95-96H,21-38,40,42,44,46,48,50,52,54,56,58,60,62,64,66,68,70,72,74-76H2,1-20H3/b78-41+,79-43+,80-45+,81-47+,82-49+,83-51+,84-53+,85-55+,86-57+,87-59+,88-61+,89-63+,90-65+,91-67+,92-69+,93-71+,94-73+/t95-/m0/s1. The molecule has 0 aromatic heterocycles. The lowest BCUT2D eigenvalue weighted by Gasteiger charge is -2.07. The van der Waals surface area contributed by atoms with Gasteiger partial charge in [-0.2, -0.15) is 0 Å². The van der Waals surface area contributed by atoms with Crippen LogP contribution in [-0.4, -0.2) is 11.7 Å². The molecule has 0 saturated carbocycles. The molecular weight excluding hydrogens is 1160 g/mol. The predicted molar refractivity (Wildman–Crippen MR) is 440 cm³/mol. The second-order valence-corrected chi connectivity index (χ2v) is 30.5. The average Bonchev–Trinajstić information content (AvgIpc) is 3.73. The fourth-order valence-corrected chi connectivity index (χ4v) is 12.0. The van der Waals surface area contributed by atoms with Crippen molar-refractivity contribution in [3.05, 3.63) is 210 Å². The maximum Gasteiger partial charge on any atom is 0.0433 e. The molecule has 0 amide bonds. The second kappa shape index (κ2) is 61.4. The summed E-state index contributed by atoms with van der Waals surface area (Å²) in [6.07, 6.45) is 87.0. The molecule has 0 unspecified atom stereocenters. The summed E-state index contributed by atoms with van der Waals surface area (Å²) in [4.78, 5) is 0. The Kier molecular flexibility index (Phi) is 58.4. The van der Waals surface area contributed by atoms with Gasteiger partial charge in [-0.1, -0.05) is 217 Å². The molecule has 96 heavy (non-hydrogen) atoms. The van der Waals surface area contributed by atoms with Gasteiger partial charge in [0.05, 0.1) is 0 Å². The van der Waals surface area contributed by atoms with Gasteiger partial charge in [0.1, 0.15) is 0 Å². The monoisotopic (exact) mass is 1310 g/mol. The normalized spacial score (nSPS) is 15.4. The van der Waals surface area contributed by atoms with Gasteiger partial charge in [0.15, 0.2) is 0 Å². The van der Waals surface area contributed by atoms with Crippen LogP contribution in [0, 0.1) is 5.92 Å². The Morgan fingerprint density at radius 1 is 0.177 bits per heavy atom. The zero-order chi connectivity index (χ0) is 71.6. The molecule has 0 bridgehead atoms. The first kappa shape index (κ1) is 91.3. The summed E-state index contributed by atoms with van der Waals surface area (Å²) in [6, 6.07) is 0. The van der Waals surface area contributed by atoms with E-state index in [1.165, 1.54) is 216 Å². The Hall–Kier alpha value is -4.72. The highest BCUT2D eigenvalue weighted by Crippen LogP contribution is 2.23. The molecule has 1 N–H and O–H groups in total. The first-order chi connectivity index (χ1) is 45.9. The molecule has 0 aliphatic rings. The van der Waals surface area contributed by atoms with Crippen LogP contribution < -0.4 is 0 Å². The largest absolute Gasteiger partial charge is 0.396 e. The van der Waals surface area contributed by atoms with Gasteiger partial charge in [0, 0.05) is 6.61 Å². The molecular formula is C95H156O. The van der Waals surface area contributed by atoms with Crippen molar-refractivity contribution in [1.82, 2.24) is 0 Å². The SMILES string of the molecule is CC(C)=CCC/C(C)=C/CC/C(C)=C/CC/C(C)=C/CC/C(C)=C/CC/C(C)=C/CC/C(C)=C/CC/C(C)=C/CC/C(C)=C/CC/C(C)=C/CC/C(C)=C/CC/C(C)=C/CC/C(C)=C/CC/C(C)=C/CC/C(C)=C/CC/C(C)=C/CC/C(C)=C/CC/C(C)=C/CC[C@H](C)CCO. The van der Waals surface area contributed by atoms with E-state index < -0.39 is 0 Å². The van der Waals surface area contributed by atoms with E-state index in [9.17, 15) is 0 Å². The Labute approximate surface area is 599 Å². The van der Waals surface area contributed by atoms with Crippen LogP contribution in [0.3, 0.4) is 0 Å². The third-order valence-corrected chi connectivity index (χ3v) is 19.4. The molecule has 0 aliphatic carbocycles. The fourth-order valence-electron chi connectivity index (χ4n) is 12.0. The van der Waals surface area contributed by atoms with Crippen molar-refractivity contribution >= 4 is 0 Å². The van der Waals surface area contributed by atoms with Crippen molar-refractivity contribution in [2.75, 3.05) is 6.61 Å². The molecule has 0 saturated heterocycles. The van der Waals surface area contributed by atoms with Gasteiger partial charge in [-0.3, -0.25) is 0 Å². The van der Waals surface area contributed by atoms with Crippen molar-refractivity contribution in [1.29, 1.82) is 0 Å². The third-order valence-electron chi connectivity index (χ3n) is 19.4. The first-order valence-corrected chi connectivity index (χ1v) is 39.3. The van der Waals surface area contributed by atoms with E-state index in [-0.39, 0.29) is 0 Å². The van der Waals surface area contributed by atoms with Crippen molar-refractivity contribution < 1.29 is 5.11 Å². The predicted octanol–water partition coefficient (Wildman–Crippen LogP) is 32.1. The highest BCUT2D eigenvalue weighted by Gasteiger charge is 2.03. The van der Waals surface area contributed by atoms with Gasteiger partial charge in [0.2, 0.25) is 0 Å². The molecule has 0 aliphatic heterocycles. The van der Waals surface area contributed by atoms with E-state index in [4.69, 9.17) is 5.11 Å². The highest BCUT2D eigenvalue weighted by molar-refractivity contribution is 5.15. The van der Waals surface area contributed by atoms with Gasteiger partial charge in [0.25, 0.3) is 0 Å². The van der Waals surface area contributed by atoms with Crippen molar-refractivity contribution in [2.45, 2.75) is 376 Å². The molecule has 1 atom stereocenters. The smallest absolute Gasteiger partial charge is 0.0433 e. The number of aliphatic hydroxyl groups excluding tert-OH is 1. The van der Waals surface area contributed by atoms with Crippen molar-refractivity contribution in [2.24, 2.45) is 5.92 Å². The Balaban J connectivity index is 4.35. The van der Waals surface area contributed by atoms with Crippen molar-refractivity contribution in [3.8, 4) is 0 Å². The molecule has 0 aromatic rings. The van der Waals surface area contributed by atoms with E-state index in [1.54, 1.807) is 0 Å². The summed E-state index contributed by atoms with van der Waals surface area (Å²) in [5.74, 6) is 0.611. The molecule has 0 fully saturated rings. The van der Waals surface area contributed by atoms with Crippen LogP contribution in [0.4, 0.5) is 0 Å². The van der Waals surface area contributed by atoms with E-state index in [1.807, 2.05) is 0 Å². The number of hydrogen-bond donors (Lipinski definition) is 1. The minimum atomic E-state index is 0.309. The zero-order valence-electron chi connectivity index (χ0n) is 67.3. The Morgan fingerprint density at radius 3 is 0.406 bits per heavy atom. The minimum absolute atomic E-state index is 0.309. The molecule has 542 valence electrons. The van der Waals surface area contributed by atoms with Crippen LogP contribution in [0.5, 0.6) is 0 Å². The van der Waals surface area contributed by atoms with Gasteiger partial charge in [-0.05, 0) is 375 Å². The summed E-state index contributed by atoms with van der Waals surface area (Å²) in [5.41, 5.74) is 27.4. The number of hydrogen-bond acceptors (Lipinski definition) is 1. The molecule has 1 heteroatoms. The van der Waals surface area contributed by atoms with Crippen LogP contribution in [0.2, 0.25) is 0 Å². The van der Waals surface area contributed by atoms with Crippen LogP contribution in [0.25, 0.3) is 0 Å². The van der Waals surface area contributed by atoms with Gasteiger partial charge >= 0.3 is 0 Å². The summed E-state index contributed by atoms with van der Waals surface area (Å²) in [7, 11) is 0. The van der Waals surface area contributed by atoms with Gasteiger partial charge in [-0.25, -0.2) is 0 Å². The minimum Gasteiger partial charge on any atom is -0.396 e. The molecule has 0 radical (unpaired) electrons. The topological polar surface area (TPSA) is 20.2 Å². The molecule has 0 rings (SSSR count). The first-order valence-electron chi connectivity index (χ1n) is 39.3. The third kappa shape index (κ3) is 61.6. The Morgan fingerprint density at radius 2 is 0.292 bits per heavy atom. The second-order valence-electron chi connectivity index (χ2n) is 30.5. The van der Waals surface area contributed by atoms with Gasteiger partial charge in [-0.15, -0.1) is 0 Å². The van der Waals surface area contributed by atoms with Crippen LogP contribution in [-0.2, 0) is 0 Å².